The van der Waals surface area contributed by atoms with Crippen molar-refractivity contribution in [1.82, 2.24) is 4.72 Å². The number of rotatable bonds is 6. The van der Waals surface area contributed by atoms with Gasteiger partial charge in [0, 0.05) is 18.5 Å². The molecule has 0 saturated heterocycles. The van der Waals surface area contributed by atoms with Gasteiger partial charge in [-0.05, 0) is 34.5 Å². The first-order valence-corrected chi connectivity index (χ1v) is 9.78. The molecule has 0 atom stereocenters. The largest absolute Gasteiger partial charge is 0.399 e. The smallest absolute Gasteiger partial charge is 0.243 e. The van der Waals surface area contributed by atoms with Crippen molar-refractivity contribution in [3.63, 3.8) is 0 Å². The summed E-state index contributed by atoms with van der Waals surface area (Å²) < 4.78 is 61.5. The van der Waals surface area contributed by atoms with Crippen molar-refractivity contribution in [2.75, 3.05) is 24.3 Å². The molecule has 0 spiro atoms. The summed E-state index contributed by atoms with van der Waals surface area (Å²) in [4.78, 5) is -0.580. The van der Waals surface area contributed by atoms with Gasteiger partial charge in [-0.3, -0.25) is 0 Å². The van der Waals surface area contributed by atoms with Gasteiger partial charge in [0.1, 0.15) is 14.7 Å². The number of anilines is 1. The maximum absolute atomic E-state index is 13.8. The fourth-order valence-electron chi connectivity index (χ4n) is 1.40. The third-order valence-electron chi connectivity index (χ3n) is 2.29. The van der Waals surface area contributed by atoms with Crippen LogP contribution in [0.15, 0.2) is 21.5 Å². The van der Waals surface area contributed by atoms with Crippen LogP contribution in [0.3, 0.4) is 0 Å². The van der Waals surface area contributed by atoms with E-state index in [1.807, 2.05) is 0 Å². The lowest BCUT2D eigenvalue weighted by atomic mass is 10.3. The van der Waals surface area contributed by atoms with Gasteiger partial charge >= 0.3 is 0 Å². The third kappa shape index (κ3) is 5.00. The van der Waals surface area contributed by atoms with Gasteiger partial charge in [-0.15, -0.1) is 0 Å². The summed E-state index contributed by atoms with van der Waals surface area (Å²) in [5, 5.41) is 0. The second-order valence-electron chi connectivity index (χ2n) is 4.20. The number of nitrogen functional groups attached to an aromatic ring is 1. The molecular formula is C10H14BrFN2O4S2. The summed E-state index contributed by atoms with van der Waals surface area (Å²) in [6.45, 7) is -0.110. The van der Waals surface area contributed by atoms with Crippen molar-refractivity contribution in [2.24, 2.45) is 0 Å². The minimum absolute atomic E-state index is 0.0611. The molecule has 3 N–H and O–H groups in total. The highest BCUT2D eigenvalue weighted by Crippen LogP contribution is 2.25. The van der Waals surface area contributed by atoms with E-state index < -0.39 is 30.6 Å². The lowest BCUT2D eigenvalue weighted by molar-refractivity contribution is 0.553. The maximum atomic E-state index is 13.8. The monoisotopic (exact) mass is 388 g/mol. The van der Waals surface area contributed by atoms with E-state index in [9.17, 15) is 21.2 Å². The Morgan fingerprint density at radius 2 is 1.90 bits per heavy atom. The molecule has 1 aromatic carbocycles. The highest BCUT2D eigenvalue weighted by molar-refractivity contribution is 9.10. The number of halogens is 2. The molecule has 0 aromatic heterocycles. The first-order chi connectivity index (χ1) is 9.03. The molecule has 6 nitrogen and oxygen atoms in total. The molecule has 0 aliphatic heterocycles. The number of nitrogens with one attached hydrogen (secondary N) is 1. The first kappa shape index (κ1) is 17.3. The maximum Gasteiger partial charge on any atom is 0.243 e. The van der Waals surface area contributed by atoms with E-state index in [0.717, 1.165) is 12.3 Å². The van der Waals surface area contributed by atoms with Gasteiger partial charge in [0.15, 0.2) is 5.82 Å². The Bertz CT molecular complexity index is 704. The number of sulfonamides is 1. The first-order valence-electron chi connectivity index (χ1n) is 5.45. The van der Waals surface area contributed by atoms with Gasteiger partial charge in [-0.1, -0.05) is 0 Å². The zero-order valence-corrected chi connectivity index (χ0v) is 13.8. The molecule has 10 heteroatoms. The highest BCUT2D eigenvalue weighted by Gasteiger charge is 2.21. The summed E-state index contributed by atoms with van der Waals surface area (Å²) in [6.07, 6.45) is 1.15. The predicted molar refractivity (Wildman–Crippen MR) is 78.0 cm³/mol. The number of benzene rings is 1. The second-order valence-corrected chi connectivity index (χ2v) is 9.05. The molecule has 0 amide bonds. The second kappa shape index (κ2) is 6.37. The Morgan fingerprint density at radius 1 is 1.30 bits per heavy atom. The van der Waals surface area contributed by atoms with Crippen LogP contribution >= 0.6 is 15.9 Å². The zero-order chi connectivity index (χ0) is 15.6. The average molecular weight is 389 g/mol. The lowest BCUT2D eigenvalue weighted by Crippen LogP contribution is -2.27. The molecule has 1 aromatic rings. The van der Waals surface area contributed by atoms with E-state index in [2.05, 4.69) is 20.7 Å². The quantitative estimate of drug-likeness (QED) is 0.555. The summed E-state index contributed by atoms with van der Waals surface area (Å²) in [5.41, 5.74) is 5.56. The predicted octanol–water partition coefficient (Wildman–Crippen LogP) is 0.883. The molecule has 1 rings (SSSR count). The van der Waals surface area contributed by atoms with Gasteiger partial charge in [0.2, 0.25) is 10.0 Å². The van der Waals surface area contributed by atoms with Crippen molar-refractivity contribution in [2.45, 2.75) is 11.3 Å². The molecular weight excluding hydrogens is 375 g/mol. The Morgan fingerprint density at radius 3 is 2.45 bits per heavy atom. The van der Waals surface area contributed by atoms with Gasteiger partial charge in [0.05, 0.1) is 10.2 Å². The lowest BCUT2D eigenvalue weighted by Gasteiger charge is -2.09. The summed E-state index contributed by atoms with van der Waals surface area (Å²) >= 11 is 2.87. The Balaban J connectivity index is 2.85. The summed E-state index contributed by atoms with van der Waals surface area (Å²) in [7, 11) is -7.25. The van der Waals surface area contributed by atoms with E-state index >= 15 is 0 Å². The van der Waals surface area contributed by atoms with Crippen molar-refractivity contribution < 1.29 is 21.2 Å². The van der Waals surface area contributed by atoms with Crippen LogP contribution in [0.5, 0.6) is 0 Å². The van der Waals surface area contributed by atoms with E-state index in [1.54, 1.807) is 0 Å². The molecule has 0 bridgehead atoms. The average Bonchev–Trinajstić information content (AvgIpc) is 2.28. The fraction of sp³-hybridized carbons (Fsp3) is 0.400. The van der Waals surface area contributed by atoms with Crippen LogP contribution in [0.4, 0.5) is 10.1 Å². The molecule has 114 valence electrons. The Kier molecular flexibility index (Phi) is 5.53. The van der Waals surface area contributed by atoms with Crippen LogP contribution < -0.4 is 10.5 Å². The highest BCUT2D eigenvalue weighted by atomic mass is 79.9. The van der Waals surface area contributed by atoms with Gasteiger partial charge in [-0.25, -0.2) is 25.9 Å². The molecule has 20 heavy (non-hydrogen) atoms. The number of hydrogen-bond acceptors (Lipinski definition) is 5. The summed E-state index contributed by atoms with van der Waals surface area (Å²) in [6, 6.07) is 2.25. The number of nitrogens with two attached hydrogens (primary N) is 1. The fourth-order valence-corrected chi connectivity index (χ4v) is 3.88. The SMILES string of the molecule is CS(=O)(=O)CCCNS(=O)(=O)c1cc(N)cc(Br)c1F. The molecule has 0 fully saturated rings. The van der Waals surface area contributed by atoms with Crippen molar-refractivity contribution in [3.05, 3.63) is 22.4 Å². The standard InChI is InChI=1S/C10H14BrFN2O4S2/c1-19(15,16)4-2-3-14-20(17,18)9-6-7(13)5-8(11)10(9)12/h5-6,14H,2-4,13H2,1H3. The minimum atomic E-state index is -4.08. The molecule has 0 aliphatic rings. The van der Waals surface area contributed by atoms with Crippen LogP contribution in [0, 0.1) is 5.82 Å². The Labute approximate surface area is 125 Å². The van der Waals surface area contributed by atoms with Gasteiger partial charge in [0.25, 0.3) is 0 Å². The number of sulfone groups is 1. The summed E-state index contributed by atoms with van der Waals surface area (Å²) in [5.74, 6) is -1.10. The van der Waals surface area contributed by atoms with E-state index in [4.69, 9.17) is 5.73 Å². The number of hydrogen-bond donors (Lipinski definition) is 2. The van der Waals surface area contributed by atoms with E-state index in [1.165, 1.54) is 6.07 Å². The van der Waals surface area contributed by atoms with Crippen LogP contribution in [0.2, 0.25) is 0 Å². The van der Waals surface area contributed by atoms with E-state index in [-0.39, 0.29) is 28.9 Å². The molecule has 0 heterocycles. The van der Waals surface area contributed by atoms with Crippen molar-refractivity contribution in [3.8, 4) is 0 Å². The molecule has 0 radical (unpaired) electrons. The Hall–Kier alpha value is -0.710. The van der Waals surface area contributed by atoms with Crippen molar-refractivity contribution >= 4 is 41.5 Å². The van der Waals surface area contributed by atoms with Crippen LogP contribution in [-0.4, -0.2) is 35.4 Å². The van der Waals surface area contributed by atoms with Gasteiger partial charge < -0.3 is 5.73 Å². The van der Waals surface area contributed by atoms with Crippen LogP contribution in [0.25, 0.3) is 0 Å². The zero-order valence-electron chi connectivity index (χ0n) is 10.6. The molecule has 0 unspecified atom stereocenters. The van der Waals surface area contributed by atoms with Crippen LogP contribution in [-0.2, 0) is 19.9 Å². The minimum Gasteiger partial charge on any atom is -0.399 e. The van der Waals surface area contributed by atoms with Crippen molar-refractivity contribution in [1.29, 1.82) is 0 Å². The van der Waals surface area contributed by atoms with Gasteiger partial charge in [-0.2, -0.15) is 0 Å². The molecule has 0 saturated carbocycles. The third-order valence-corrected chi connectivity index (χ3v) is 5.36. The normalized spacial score (nSPS) is 12.6. The topological polar surface area (TPSA) is 106 Å². The van der Waals surface area contributed by atoms with Crippen LogP contribution in [0.1, 0.15) is 6.42 Å². The van der Waals surface area contributed by atoms with E-state index in [0.29, 0.717) is 0 Å². The molecule has 0 aliphatic carbocycles.